The Kier molecular flexibility index (Phi) is 2.32. The standard InChI is InChI=1S/C9H15NO/c1-3-8(11)10-7-9(2)5-4-6-9/h3H,1,4-7H2,2H3,(H,10,11). The zero-order chi connectivity index (χ0) is 8.32. The number of rotatable bonds is 3. The lowest BCUT2D eigenvalue weighted by Gasteiger charge is -2.38. The van der Waals surface area contributed by atoms with Gasteiger partial charge in [0, 0.05) is 6.54 Å². The van der Waals surface area contributed by atoms with Gasteiger partial charge in [0.15, 0.2) is 0 Å². The smallest absolute Gasteiger partial charge is 0.243 e. The van der Waals surface area contributed by atoms with Crippen molar-refractivity contribution in [2.75, 3.05) is 6.54 Å². The second kappa shape index (κ2) is 3.07. The lowest BCUT2D eigenvalue weighted by atomic mass is 9.70. The van der Waals surface area contributed by atoms with Gasteiger partial charge in [0.25, 0.3) is 0 Å². The highest BCUT2D eigenvalue weighted by molar-refractivity contribution is 5.86. The molecule has 0 aromatic carbocycles. The van der Waals surface area contributed by atoms with Gasteiger partial charge in [-0.2, -0.15) is 0 Å². The molecule has 1 fully saturated rings. The Hall–Kier alpha value is -0.790. The molecular weight excluding hydrogens is 138 g/mol. The molecule has 0 heterocycles. The molecule has 1 N–H and O–H groups in total. The van der Waals surface area contributed by atoms with Crippen LogP contribution in [0, 0.1) is 5.41 Å². The van der Waals surface area contributed by atoms with E-state index in [1.165, 1.54) is 25.3 Å². The highest BCUT2D eigenvalue weighted by Crippen LogP contribution is 2.39. The van der Waals surface area contributed by atoms with Gasteiger partial charge in [-0.3, -0.25) is 4.79 Å². The van der Waals surface area contributed by atoms with Crippen LogP contribution in [-0.2, 0) is 4.79 Å². The summed E-state index contributed by atoms with van der Waals surface area (Å²) in [6, 6.07) is 0. The molecule has 1 aliphatic carbocycles. The molecule has 0 bridgehead atoms. The Morgan fingerprint density at radius 1 is 1.73 bits per heavy atom. The first-order chi connectivity index (χ1) is 5.16. The van der Waals surface area contributed by atoms with Gasteiger partial charge in [0.1, 0.15) is 0 Å². The number of hydrogen-bond donors (Lipinski definition) is 1. The van der Waals surface area contributed by atoms with Crippen molar-refractivity contribution in [1.82, 2.24) is 5.32 Å². The minimum absolute atomic E-state index is 0.0573. The maximum Gasteiger partial charge on any atom is 0.243 e. The van der Waals surface area contributed by atoms with Crippen molar-refractivity contribution in [3.8, 4) is 0 Å². The Morgan fingerprint density at radius 2 is 2.36 bits per heavy atom. The Bertz CT molecular complexity index is 170. The molecular formula is C9H15NO. The van der Waals surface area contributed by atoms with Gasteiger partial charge in [-0.25, -0.2) is 0 Å². The van der Waals surface area contributed by atoms with Crippen molar-refractivity contribution >= 4 is 5.91 Å². The lowest BCUT2D eigenvalue weighted by Crippen LogP contribution is -2.39. The van der Waals surface area contributed by atoms with E-state index < -0.39 is 0 Å². The van der Waals surface area contributed by atoms with Crippen molar-refractivity contribution in [1.29, 1.82) is 0 Å². The second-order valence-corrected chi connectivity index (χ2v) is 3.59. The molecule has 0 aromatic heterocycles. The largest absolute Gasteiger partial charge is 0.352 e. The number of hydrogen-bond acceptors (Lipinski definition) is 1. The van der Waals surface area contributed by atoms with Gasteiger partial charge in [-0.1, -0.05) is 19.9 Å². The van der Waals surface area contributed by atoms with Crippen molar-refractivity contribution in [2.45, 2.75) is 26.2 Å². The minimum Gasteiger partial charge on any atom is -0.352 e. The van der Waals surface area contributed by atoms with E-state index in [1.54, 1.807) is 0 Å². The van der Waals surface area contributed by atoms with E-state index in [-0.39, 0.29) is 5.91 Å². The molecule has 0 unspecified atom stereocenters. The maximum absolute atomic E-state index is 10.8. The van der Waals surface area contributed by atoms with Crippen LogP contribution in [0.2, 0.25) is 0 Å². The molecule has 1 amide bonds. The molecule has 1 rings (SSSR count). The third kappa shape index (κ3) is 2.07. The van der Waals surface area contributed by atoms with E-state index in [2.05, 4.69) is 18.8 Å². The molecule has 0 radical (unpaired) electrons. The normalized spacial score (nSPS) is 20.1. The van der Waals surface area contributed by atoms with Crippen molar-refractivity contribution < 1.29 is 4.79 Å². The summed E-state index contributed by atoms with van der Waals surface area (Å²) in [6.07, 6.45) is 5.11. The van der Waals surface area contributed by atoms with E-state index in [4.69, 9.17) is 0 Å². The Morgan fingerprint density at radius 3 is 2.73 bits per heavy atom. The number of carbonyl (C=O) groups is 1. The average molecular weight is 153 g/mol. The Labute approximate surface area is 67.7 Å². The van der Waals surface area contributed by atoms with E-state index in [0.717, 1.165) is 6.54 Å². The number of carbonyl (C=O) groups excluding carboxylic acids is 1. The van der Waals surface area contributed by atoms with E-state index in [1.807, 2.05) is 0 Å². The molecule has 2 heteroatoms. The van der Waals surface area contributed by atoms with Gasteiger partial charge in [0.05, 0.1) is 0 Å². The maximum atomic E-state index is 10.8. The summed E-state index contributed by atoms with van der Waals surface area (Å²) in [7, 11) is 0. The SMILES string of the molecule is C=CC(=O)NCC1(C)CCC1. The summed E-state index contributed by atoms with van der Waals surface area (Å²) in [5.41, 5.74) is 0.374. The first kappa shape index (κ1) is 8.31. The summed E-state index contributed by atoms with van der Waals surface area (Å²) in [5.74, 6) is -0.0573. The van der Waals surface area contributed by atoms with Gasteiger partial charge in [-0.15, -0.1) is 0 Å². The second-order valence-electron chi connectivity index (χ2n) is 3.59. The molecule has 0 saturated heterocycles. The molecule has 11 heavy (non-hydrogen) atoms. The summed E-state index contributed by atoms with van der Waals surface area (Å²) < 4.78 is 0. The van der Waals surface area contributed by atoms with Crippen LogP contribution in [0.25, 0.3) is 0 Å². The topological polar surface area (TPSA) is 29.1 Å². The molecule has 0 aliphatic heterocycles. The van der Waals surface area contributed by atoms with Gasteiger partial charge >= 0.3 is 0 Å². The van der Waals surface area contributed by atoms with Crippen LogP contribution >= 0.6 is 0 Å². The molecule has 62 valence electrons. The first-order valence-electron chi connectivity index (χ1n) is 4.07. The summed E-state index contributed by atoms with van der Waals surface area (Å²) >= 11 is 0. The number of amides is 1. The third-order valence-electron chi connectivity index (χ3n) is 2.44. The fraction of sp³-hybridized carbons (Fsp3) is 0.667. The molecule has 0 spiro atoms. The third-order valence-corrected chi connectivity index (χ3v) is 2.44. The first-order valence-corrected chi connectivity index (χ1v) is 4.07. The van der Waals surface area contributed by atoms with E-state index in [9.17, 15) is 4.79 Å². The lowest BCUT2D eigenvalue weighted by molar-refractivity contribution is -0.117. The number of nitrogens with one attached hydrogen (secondary N) is 1. The predicted molar refractivity (Wildman–Crippen MR) is 45.2 cm³/mol. The van der Waals surface area contributed by atoms with Crippen molar-refractivity contribution in [2.24, 2.45) is 5.41 Å². The van der Waals surface area contributed by atoms with Crippen LogP contribution in [0.3, 0.4) is 0 Å². The van der Waals surface area contributed by atoms with Crippen LogP contribution in [0.4, 0.5) is 0 Å². The fourth-order valence-electron chi connectivity index (χ4n) is 1.33. The van der Waals surface area contributed by atoms with Gasteiger partial charge < -0.3 is 5.32 Å². The highest BCUT2D eigenvalue weighted by atomic mass is 16.1. The van der Waals surface area contributed by atoms with Crippen LogP contribution in [0.15, 0.2) is 12.7 Å². The van der Waals surface area contributed by atoms with Crippen molar-refractivity contribution in [3.05, 3.63) is 12.7 Å². The van der Waals surface area contributed by atoms with Gasteiger partial charge in [-0.05, 0) is 24.3 Å². The van der Waals surface area contributed by atoms with Crippen LogP contribution < -0.4 is 5.32 Å². The minimum atomic E-state index is -0.0573. The van der Waals surface area contributed by atoms with Crippen LogP contribution in [0.5, 0.6) is 0 Å². The molecule has 0 aromatic rings. The van der Waals surface area contributed by atoms with Crippen LogP contribution in [0.1, 0.15) is 26.2 Å². The van der Waals surface area contributed by atoms with Gasteiger partial charge in [0.2, 0.25) is 5.91 Å². The zero-order valence-electron chi connectivity index (χ0n) is 7.02. The molecule has 1 aliphatic rings. The fourth-order valence-corrected chi connectivity index (χ4v) is 1.33. The summed E-state index contributed by atoms with van der Waals surface area (Å²) in [5, 5.41) is 2.82. The Balaban J connectivity index is 2.21. The molecule has 2 nitrogen and oxygen atoms in total. The van der Waals surface area contributed by atoms with Crippen molar-refractivity contribution in [3.63, 3.8) is 0 Å². The average Bonchev–Trinajstić information content (AvgIpc) is 1.96. The van der Waals surface area contributed by atoms with E-state index >= 15 is 0 Å². The summed E-state index contributed by atoms with van der Waals surface area (Å²) in [6.45, 7) is 6.40. The van der Waals surface area contributed by atoms with E-state index in [0.29, 0.717) is 5.41 Å². The van der Waals surface area contributed by atoms with Crippen LogP contribution in [-0.4, -0.2) is 12.5 Å². The molecule has 1 saturated carbocycles. The predicted octanol–water partition coefficient (Wildman–Crippen LogP) is 1.48. The summed E-state index contributed by atoms with van der Waals surface area (Å²) in [4.78, 5) is 10.8. The quantitative estimate of drug-likeness (QED) is 0.611. The molecule has 0 atom stereocenters. The monoisotopic (exact) mass is 153 g/mol. The highest BCUT2D eigenvalue weighted by Gasteiger charge is 2.31. The zero-order valence-corrected chi connectivity index (χ0v) is 7.02.